The summed E-state index contributed by atoms with van der Waals surface area (Å²) in [5.41, 5.74) is -1.14. The lowest BCUT2D eigenvalue weighted by atomic mass is 9.43. The lowest BCUT2D eigenvalue weighted by Gasteiger charge is -2.64. The standard InChI is InChI=1S/C36H52BN7O10/c1-33(2,3)51-31(48)40-30(41-32(49)52-34(4,5)6)38-17-22-18-44(43-42-22)19-27(45)39-26(14-20-12-11-13-23(29(46)47)28(20)50-10)37-53-25-16-21-15-24(35(21,7)8)36(25,9)54-37/h11-13,18,21,24-26H,14-17,19H2,1-10H3,(H,39,45)(H,46,47)(H2,38,40,41,48,49)/t21-,24-,25+,26-,36-/m0/s1. The number of methoxy groups -OCH3 is 1. The highest BCUT2D eigenvalue weighted by Crippen LogP contribution is 2.65. The van der Waals surface area contributed by atoms with E-state index in [-0.39, 0.29) is 54.2 Å². The third-order valence-electron chi connectivity index (χ3n) is 10.2. The number of nitrogens with zero attached hydrogens (tertiary/aromatic N) is 4. The molecular formula is C36H52BN7O10. The zero-order valence-corrected chi connectivity index (χ0v) is 32.6. The van der Waals surface area contributed by atoms with Gasteiger partial charge in [-0.25, -0.2) is 19.1 Å². The van der Waals surface area contributed by atoms with Gasteiger partial charge in [-0.3, -0.25) is 10.1 Å². The number of ether oxygens (including phenoxy) is 3. The molecule has 1 aromatic heterocycles. The lowest BCUT2D eigenvalue weighted by Crippen LogP contribution is -2.65. The number of aromatic carboxylic acids is 1. The largest absolute Gasteiger partial charge is 0.496 e. The summed E-state index contributed by atoms with van der Waals surface area (Å²) >= 11 is 0. The molecule has 5 atom stereocenters. The van der Waals surface area contributed by atoms with Gasteiger partial charge in [-0.05, 0) is 96.6 Å². The molecule has 2 heterocycles. The Morgan fingerprint density at radius 1 is 1.09 bits per heavy atom. The van der Waals surface area contributed by atoms with Crippen molar-refractivity contribution in [3.8, 4) is 5.75 Å². The molecule has 4 fully saturated rings. The Kier molecular flexibility index (Phi) is 11.4. The molecular weight excluding hydrogens is 701 g/mol. The van der Waals surface area contributed by atoms with Crippen molar-refractivity contribution in [2.24, 2.45) is 22.2 Å². The molecule has 54 heavy (non-hydrogen) atoms. The Morgan fingerprint density at radius 3 is 2.43 bits per heavy atom. The highest BCUT2D eigenvalue weighted by molar-refractivity contribution is 6.48. The number of carbonyl (C=O) groups is 4. The number of aromatic nitrogens is 3. The van der Waals surface area contributed by atoms with Gasteiger partial charge in [0.25, 0.3) is 0 Å². The topological polar surface area (TPSA) is 214 Å². The van der Waals surface area contributed by atoms with Crippen LogP contribution in [-0.2, 0) is 43.1 Å². The molecule has 0 radical (unpaired) electrons. The zero-order chi connectivity index (χ0) is 39.8. The highest BCUT2D eigenvalue weighted by atomic mass is 16.7. The molecule has 1 aromatic carbocycles. The first-order chi connectivity index (χ1) is 25.1. The number of hydrogen-bond acceptors (Lipinski definition) is 11. The molecule has 6 rings (SSSR count). The van der Waals surface area contributed by atoms with Crippen LogP contribution in [0.15, 0.2) is 29.4 Å². The second-order valence-corrected chi connectivity index (χ2v) is 16.8. The Balaban J connectivity index is 1.29. The van der Waals surface area contributed by atoms with Gasteiger partial charge in [0, 0.05) is 0 Å². The maximum absolute atomic E-state index is 13.6. The Morgan fingerprint density at radius 2 is 1.80 bits per heavy atom. The average molecular weight is 754 g/mol. The molecule has 3 saturated carbocycles. The summed E-state index contributed by atoms with van der Waals surface area (Å²) in [6, 6.07) is 4.85. The van der Waals surface area contributed by atoms with Crippen LogP contribution in [-0.4, -0.2) is 93.2 Å². The van der Waals surface area contributed by atoms with Crippen molar-refractivity contribution >= 4 is 37.1 Å². The molecule has 18 heteroatoms. The second-order valence-electron chi connectivity index (χ2n) is 16.8. The van der Waals surface area contributed by atoms with Crippen molar-refractivity contribution < 1.29 is 47.8 Å². The van der Waals surface area contributed by atoms with E-state index >= 15 is 0 Å². The molecule has 1 saturated heterocycles. The number of alkyl carbamates (subject to hydrolysis) is 1. The molecule has 0 unspecified atom stereocenters. The number of rotatable bonds is 10. The van der Waals surface area contributed by atoms with E-state index in [1.807, 2.05) is 0 Å². The summed E-state index contributed by atoms with van der Waals surface area (Å²) in [5.74, 6) is -1.50. The first-order valence-electron chi connectivity index (χ1n) is 18.0. The normalized spacial score (nSPS) is 23.7. The first kappa shape index (κ1) is 40.5. The van der Waals surface area contributed by atoms with Gasteiger partial charge < -0.3 is 39.3 Å². The van der Waals surface area contributed by atoms with Crippen LogP contribution in [0.25, 0.3) is 0 Å². The van der Waals surface area contributed by atoms with E-state index in [0.717, 1.165) is 12.8 Å². The molecule has 3 aliphatic carbocycles. The molecule has 2 aromatic rings. The number of benzene rings is 1. The van der Waals surface area contributed by atoms with Crippen LogP contribution >= 0.6 is 0 Å². The smallest absolute Gasteiger partial charge is 0.482 e. The van der Waals surface area contributed by atoms with Gasteiger partial charge in [0.05, 0.1) is 37.5 Å². The SMILES string of the molecule is COc1c(C[C@H](NC(=O)Cn2cc(CN/C(=N\C(=O)OC(C)(C)C)NC(=O)OC(C)(C)C)nn2)B2O[C@@H]3C[C@@H]4C[C@@H](C4(C)C)[C@]3(C)O2)cccc1C(=O)O. The summed E-state index contributed by atoms with van der Waals surface area (Å²) in [4.78, 5) is 54.3. The molecule has 3 amide bonds. The van der Waals surface area contributed by atoms with Crippen LogP contribution in [0.5, 0.6) is 5.75 Å². The molecule has 294 valence electrons. The van der Waals surface area contributed by atoms with Crippen LogP contribution < -0.4 is 20.7 Å². The summed E-state index contributed by atoms with van der Waals surface area (Å²) in [6.45, 7) is 16.5. The van der Waals surface area contributed by atoms with Gasteiger partial charge in [0.2, 0.25) is 11.9 Å². The number of nitrogens with one attached hydrogen (secondary N) is 3. The predicted octanol–water partition coefficient (Wildman–Crippen LogP) is 3.89. The molecule has 1 aliphatic heterocycles. The van der Waals surface area contributed by atoms with Gasteiger partial charge in [-0.1, -0.05) is 31.2 Å². The van der Waals surface area contributed by atoms with E-state index in [1.165, 1.54) is 24.1 Å². The van der Waals surface area contributed by atoms with Crippen LogP contribution in [0.3, 0.4) is 0 Å². The Hall–Kier alpha value is -4.71. The third-order valence-corrected chi connectivity index (χ3v) is 10.2. The summed E-state index contributed by atoms with van der Waals surface area (Å²) in [6.07, 6.45) is 1.66. The van der Waals surface area contributed by atoms with Gasteiger partial charge in [0.1, 0.15) is 34.8 Å². The fourth-order valence-electron chi connectivity index (χ4n) is 7.64. The summed E-state index contributed by atoms with van der Waals surface area (Å²) in [7, 11) is 0.594. The maximum Gasteiger partial charge on any atom is 0.482 e. The predicted molar refractivity (Wildman–Crippen MR) is 196 cm³/mol. The number of guanidine groups is 1. The van der Waals surface area contributed by atoms with Gasteiger partial charge in [-0.15, -0.1) is 10.1 Å². The molecule has 4 N–H and O–H groups in total. The maximum atomic E-state index is 13.6. The highest BCUT2D eigenvalue weighted by Gasteiger charge is 2.68. The first-order valence-corrected chi connectivity index (χ1v) is 18.0. The monoisotopic (exact) mass is 753 g/mol. The Bertz CT molecular complexity index is 1780. The van der Waals surface area contributed by atoms with Gasteiger partial charge in [0.15, 0.2) is 0 Å². The fraction of sp³-hybridized carbons (Fsp3) is 0.639. The number of carboxylic acids is 1. The van der Waals surface area contributed by atoms with Crippen LogP contribution in [0.4, 0.5) is 9.59 Å². The number of aliphatic imine (C=N–C) groups is 1. The van der Waals surface area contributed by atoms with E-state index in [1.54, 1.807) is 53.7 Å². The quantitative estimate of drug-likeness (QED) is 0.154. The van der Waals surface area contributed by atoms with Crippen molar-refractivity contribution in [1.29, 1.82) is 0 Å². The summed E-state index contributed by atoms with van der Waals surface area (Å²) < 4.78 is 30.7. The minimum Gasteiger partial charge on any atom is -0.496 e. The van der Waals surface area contributed by atoms with E-state index < -0.39 is 53.9 Å². The number of para-hydroxylation sites is 1. The van der Waals surface area contributed by atoms with E-state index in [4.69, 9.17) is 23.5 Å². The van der Waals surface area contributed by atoms with E-state index in [0.29, 0.717) is 17.2 Å². The molecule has 2 bridgehead atoms. The van der Waals surface area contributed by atoms with Crippen LogP contribution in [0.2, 0.25) is 0 Å². The fourth-order valence-corrected chi connectivity index (χ4v) is 7.64. The second kappa shape index (κ2) is 15.2. The number of carboxylic acid groups (broad SMARTS) is 1. The zero-order valence-electron chi connectivity index (χ0n) is 32.6. The third kappa shape index (κ3) is 9.32. The number of hydrogen-bond donors (Lipinski definition) is 4. The Labute approximate surface area is 315 Å². The van der Waals surface area contributed by atoms with Gasteiger partial charge >= 0.3 is 25.3 Å². The van der Waals surface area contributed by atoms with Crippen molar-refractivity contribution in [2.75, 3.05) is 7.11 Å². The lowest BCUT2D eigenvalue weighted by molar-refractivity contribution is -0.199. The van der Waals surface area contributed by atoms with Crippen molar-refractivity contribution in [3.05, 3.63) is 41.2 Å². The molecule has 4 aliphatic rings. The van der Waals surface area contributed by atoms with Crippen LogP contribution in [0, 0.1) is 17.3 Å². The average Bonchev–Trinajstić information content (AvgIpc) is 3.64. The molecule has 17 nitrogen and oxygen atoms in total. The van der Waals surface area contributed by atoms with Crippen molar-refractivity contribution in [1.82, 2.24) is 30.9 Å². The van der Waals surface area contributed by atoms with Gasteiger partial charge in [-0.2, -0.15) is 0 Å². The molecule has 0 spiro atoms. The van der Waals surface area contributed by atoms with Crippen LogP contribution in [0.1, 0.15) is 96.8 Å². The minimum atomic E-state index is -1.14. The minimum absolute atomic E-state index is 0.000818. The number of amides is 3. The van der Waals surface area contributed by atoms with Crippen molar-refractivity contribution in [3.63, 3.8) is 0 Å². The van der Waals surface area contributed by atoms with E-state index in [9.17, 15) is 24.3 Å². The van der Waals surface area contributed by atoms with Crippen molar-refractivity contribution in [2.45, 2.75) is 124 Å². The number of carbonyl (C=O) groups excluding carboxylic acids is 3. The summed E-state index contributed by atoms with van der Waals surface area (Å²) in [5, 5.41) is 26.3. The van der Waals surface area contributed by atoms with E-state index in [2.05, 4.69) is 52.0 Å².